The molecule has 0 saturated heterocycles. The Kier molecular flexibility index (Phi) is 2.79. The van der Waals surface area contributed by atoms with E-state index in [1.165, 1.54) is 18.3 Å². The van der Waals surface area contributed by atoms with Gasteiger partial charge in [-0.3, -0.25) is 0 Å². The number of pyridine rings is 1. The lowest BCUT2D eigenvalue weighted by Gasteiger charge is -2.09. The Morgan fingerprint density at radius 2 is 2.00 bits per heavy atom. The number of benzene rings is 1. The number of aromatic nitrogens is 1. The van der Waals surface area contributed by atoms with Gasteiger partial charge in [0.15, 0.2) is 0 Å². The molecule has 2 rings (SSSR count). The first kappa shape index (κ1) is 10.9. The van der Waals surface area contributed by atoms with Crippen LogP contribution in [0.15, 0.2) is 30.5 Å². The maximum atomic E-state index is 13.0. The van der Waals surface area contributed by atoms with Crippen molar-refractivity contribution in [1.82, 2.24) is 4.98 Å². The number of halogens is 2. The first-order chi connectivity index (χ1) is 7.58. The lowest BCUT2D eigenvalue weighted by atomic mass is 10.0. The summed E-state index contributed by atoms with van der Waals surface area (Å²) in [5.74, 6) is -0.264. The fraction of sp³-hybridized carbons (Fsp3) is 0.0833. The van der Waals surface area contributed by atoms with Crippen LogP contribution in [0.4, 0.5) is 10.1 Å². The molecule has 4 heteroatoms. The second-order valence-corrected chi connectivity index (χ2v) is 3.94. The van der Waals surface area contributed by atoms with E-state index in [0.717, 1.165) is 16.7 Å². The standard InChI is InChI=1S/C12H10ClFN2/c1-7-4-8(14)2-3-9(7)10-5-12(13)16-6-11(10)15/h2-6H,15H2,1H3. The molecule has 0 aliphatic carbocycles. The normalized spacial score (nSPS) is 10.4. The maximum Gasteiger partial charge on any atom is 0.129 e. The van der Waals surface area contributed by atoms with Crippen LogP contribution in [0.5, 0.6) is 0 Å². The van der Waals surface area contributed by atoms with Crippen LogP contribution < -0.4 is 5.73 Å². The van der Waals surface area contributed by atoms with E-state index in [1.54, 1.807) is 12.1 Å². The number of anilines is 1. The van der Waals surface area contributed by atoms with Crippen molar-refractivity contribution >= 4 is 17.3 Å². The Bertz CT molecular complexity index is 541. The zero-order valence-corrected chi connectivity index (χ0v) is 9.42. The van der Waals surface area contributed by atoms with E-state index in [9.17, 15) is 4.39 Å². The van der Waals surface area contributed by atoms with Gasteiger partial charge in [0, 0.05) is 5.56 Å². The second kappa shape index (κ2) is 4.10. The van der Waals surface area contributed by atoms with Gasteiger partial charge in [0.1, 0.15) is 11.0 Å². The smallest absolute Gasteiger partial charge is 0.129 e. The third-order valence-corrected chi connectivity index (χ3v) is 2.59. The van der Waals surface area contributed by atoms with Crippen molar-refractivity contribution in [1.29, 1.82) is 0 Å². The van der Waals surface area contributed by atoms with Crippen LogP contribution in [0, 0.1) is 12.7 Å². The van der Waals surface area contributed by atoms with E-state index in [0.29, 0.717) is 10.8 Å². The first-order valence-corrected chi connectivity index (χ1v) is 5.13. The molecule has 0 unspecified atom stereocenters. The van der Waals surface area contributed by atoms with E-state index in [4.69, 9.17) is 17.3 Å². The van der Waals surface area contributed by atoms with Gasteiger partial charge < -0.3 is 5.73 Å². The number of hydrogen-bond acceptors (Lipinski definition) is 2. The third kappa shape index (κ3) is 1.99. The molecule has 0 radical (unpaired) electrons. The molecule has 16 heavy (non-hydrogen) atoms. The van der Waals surface area contributed by atoms with Crippen molar-refractivity contribution in [3.05, 3.63) is 47.0 Å². The summed E-state index contributed by atoms with van der Waals surface area (Å²) < 4.78 is 13.0. The van der Waals surface area contributed by atoms with Gasteiger partial charge in [-0.05, 0) is 36.2 Å². The molecular weight excluding hydrogens is 227 g/mol. The molecule has 1 aromatic heterocycles. The van der Waals surface area contributed by atoms with Crippen molar-refractivity contribution in [3.63, 3.8) is 0 Å². The Balaban J connectivity index is 2.62. The molecule has 0 bridgehead atoms. The molecule has 0 amide bonds. The minimum atomic E-state index is -0.264. The van der Waals surface area contributed by atoms with E-state index in [2.05, 4.69) is 4.98 Å². The van der Waals surface area contributed by atoms with Crippen LogP contribution in [0.25, 0.3) is 11.1 Å². The van der Waals surface area contributed by atoms with Crippen molar-refractivity contribution in [3.8, 4) is 11.1 Å². The zero-order valence-electron chi connectivity index (χ0n) is 8.67. The Hall–Kier alpha value is -1.61. The summed E-state index contributed by atoms with van der Waals surface area (Å²) in [6, 6.07) is 6.23. The molecule has 0 aliphatic rings. The fourth-order valence-electron chi connectivity index (χ4n) is 1.60. The van der Waals surface area contributed by atoms with Gasteiger partial charge in [-0.1, -0.05) is 17.7 Å². The van der Waals surface area contributed by atoms with E-state index < -0.39 is 0 Å². The minimum Gasteiger partial charge on any atom is -0.397 e. The Labute approximate surface area is 97.9 Å². The molecule has 0 atom stereocenters. The third-order valence-electron chi connectivity index (χ3n) is 2.38. The van der Waals surface area contributed by atoms with Crippen LogP contribution in [0.3, 0.4) is 0 Å². The molecular formula is C12H10ClFN2. The highest BCUT2D eigenvalue weighted by molar-refractivity contribution is 6.29. The van der Waals surface area contributed by atoms with Crippen LogP contribution in [-0.2, 0) is 0 Å². The molecule has 0 fully saturated rings. The molecule has 0 spiro atoms. The van der Waals surface area contributed by atoms with Gasteiger partial charge in [-0.2, -0.15) is 0 Å². The summed E-state index contributed by atoms with van der Waals surface area (Å²) in [4.78, 5) is 3.88. The van der Waals surface area contributed by atoms with Gasteiger partial charge in [0.05, 0.1) is 11.9 Å². The van der Waals surface area contributed by atoms with Gasteiger partial charge in [-0.15, -0.1) is 0 Å². The molecule has 0 saturated carbocycles. The van der Waals surface area contributed by atoms with Crippen molar-refractivity contribution < 1.29 is 4.39 Å². The SMILES string of the molecule is Cc1cc(F)ccc1-c1cc(Cl)ncc1N. The average molecular weight is 237 g/mol. The second-order valence-electron chi connectivity index (χ2n) is 3.55. The highest BCUT2D eigenvalue weighted by atomic mass is 35.5. The Morgan fingerprint density at radius 1 is 1.25 bits per heavy atom. The molecule has 2 nitrogen and oxygen atoms in total. The van der Waals surface area contributed by atoms with E-state index >= 15 is 0 Å². The summed E-state index contributed by atoms with van der Waals surface area (Å²) in [5, 5.41) is 0.368. The molecule has 2 N–H and O–H groups in total. The van der Waals surface area contributed by atoms with Crippen molar-refractivity contribution in [2.24, 2.45) is 0 Å². The average Bonchev–Trinajstić information content (AvgIpc) is 2.22. The number of nitrogen functional groups attached to an aromatic ring is 1. The molecule has 0 aliphatic heterocycles. The minimum absolute atomic E-state index is 0.264. The molecule has 82 valence electrons. The number of nitrogens with two attached hydrogens (primary N) is 1. The van der Waals surface area contributed by atoms with Gasteiger partial charge in [0.25, 0.3) is 0 Å². The van der Waals surface area contributed by atoms with Gasteiger partial charge in [-0.25, -0.2) is 9.37 Å². The largest absolute Gasteiger partial charge is 0.397 e. The first-order valence-electron chi connectivity index (χ1n) is 4.75. The van der Waals surface area contributed by atoms with E-state index in [1.807, 2.05) is 6.92 Å². The lowest BCUT2D eigenvalue weighted by molar-refractivity contribution is 0.627. The van der Waals surface area contributed by atoms with Gasteiger partial charge >= 0.3 is 0 Å². The van der Waals surface area contributed by atoms with Crippen LogP contribution >= 0.6 is 11.6 Å². The zero-order chi connectivity index (χ0) is 11.7. The maximum absolute atomic E-state index is 13.0. The van der Waals surface area contributed by atoms with Crippen LogP contribution in [0.1, 0.15) is 5.56 Å². The highest BCUT2D eigenvalue weighted by Crippen LogP contribution is 2.30. The Morgan fingerprint density at radius 3 is 2.69 bits per heavy atom. The topological polar surface area (TPSA) is 38.9 Å². The monoisotopic (exact) mass is 236 g/mol. The van der Waals surface area contributed by atoms with Crippen molar-refractivity contribution in [2.45, 2.75) is 6.92 Å². The number of rotatable bonds is 1. The summed E-state index contributed by atoms with van der Waals surface area (Å²) >= 11 is 5.81. The quantitative estimate of drug-likeness (QED) is 0.771. The van der Waals surface area contributed by atoms with Crippen LogP contribution in [0.2, 0.25) is 5.15 Å². The predicted octanol–water partition coefficient (Wildman–Crippen LogP) is 3.43. The van der Waals surface area contributed by atoms with Crippen molar-refractivity contribution in [2.75, 3.05) is 5.73 Å². The summed E-state index contributed by atoms with van der Waals surface area (Å²) in [6.45, 7) is 1.83. The summed E-state index contributed by atoms with van der Waals surface area (Å²) in [5.41, 5.74) is 8.79. The molecule has 2 aromatic rings. The van der Waals surface area contributed by atoms with E-state index in [-0.39, 0.29) is 5.82 Å². The highest BCUT2D eigenvalue weighted by Gasteiger charge is 2.07. The summed E-state index contributed by atoms with van der Waals surface area (Å²) in [6.07, 6.45) is 1.50. The fourth-order valence-corrected chi connectivity index (χ4v) is 1.76. The lowest BCUT2D eigenvalue weighted by Crippen LogP contribution is -1.94. The molecule has 1 heterocycles. The van der Waals surface area contributed by atoms with Gasteiger partial charge in [0.2, 0.25) is 0 Å². The number of nitrogens with zero attached hydrogens (tertiary/aromatic N) is 1. The van der Waals surface area contributed by atoms with Crippen LogP contribution in [-0.4, -0.2) is 4.98 Å². The summed E-state index contributed by atoms with van der Waals surface area (Å²) in [7, 11) is 0. The molecule has 1 aromatic carbocycles. The number of aryl methyl sites for hydroxylation is 1. The predicted molar refractivity (Wildman–Crippen MR) is 63.8 cm³/mol. The number of hydrogen-bond donors (Lipinski definition) is 1.